The number of fused-ring (bicyclic) bond motifs is 1. The lowest BCUT2D eigenvalue weighted by atomic mass is 9.91. The molecule has 1 aliphatic rings. The highest BCUT2D eigenvalue weighted by molar-refractivity contribution is 5.80. The van der Waals surface area contributed by atoms with E-state index in [0.717, 1.165) is 36.2 Å². The average molecular weight is 365 g/mol. The van der Waals surface area contributed by atoms with Crippen molar-refractivity contribution in [2.45, 2.75) is 24.9 Å². The Morgan fingerprint density at radius 2 is 1.85 bits per heavy atom. The summed E-state index contributed by atoms with van der Waals surface area (Å²) < 4.78 is 56.4. The molecule has 4 nitrogen and oxygen atoms in total. The van der Waals surface area contributed by atoms with Crippen LogP contribution in [0.15, 0.2) is 41.1 Å². The fourth-order valence-corrected chi connectivity index (χ4v) is 3.35. The predicted octanol–water partition coefficient (Wildman–Crippen LogP) is 4.76. The lowest BCUT2D eigenvalue weighted by Gasteiger charge is -2.32. The number of pyridine rings is 1. The highest BCUT2D eigenvalue weighted by Crippen LogP contribution is 2.34. The van der Waals surface area contributed by atoms with E-state index in [1.165, 1.54) is 18.2 Å². The minimum Gasteiger partial charge on any atom is -0.357 e. The summed E-state index contributed by atoms with van der Waals surface area (Å²) in [7, 11) is 0. The molecule has 0 atom stereocenters. The van der Waals surface area contributed by atoms with E-state index >= 15 is 0 Å². The second-order valence-electron chi connectivity index (χ2n) is 6.37. The van der Waals surface area contributed by atoms with Crippen molar-refractivity contribution >= 4 is 16.8 Å². The molecule has 0 N–H and O–H groups in total. The topological polar surface area (TPSA) is 42.2 Å². The van der Waals surface area contributed by atoms with Crippen LogP contribution in [0.2, 0.25) is 0 Å². The van der Waals surface area contributed by atoms with Crippen molar-refractivity contribution in [1.29, 1.82) is 0 Å². The number of hydrogen-bond donors (Lipinski definition) is 0. The number of rotatable bonds is 2. The fourth-order valence-electron chi connectivity index (χ4n) is 3.35. The Morgan fingerprint density at radius 3 is 2.50 bits per heavy atom. The molecule has 0 saturated carbocycles. The first-order valence-electron chi connectivity index (χ1n) is 8.25. The molecule has 1 saturated heterocycles. The number of anilines is 1. The first-order chi connectivity index (χ1) is 12.4. The van der Waals surface area contributed by atoms with Crippen molar-refractivity contribution in [3.8, 4) is 0 Å². The van der Waals surface area contributed by atoms with Crippen LogP contribution in [0.3, 0.4) is 0 Å². The highest BCUT2D eigenvalue weighted by Gasteiger charge is 2.31. The number of hydrogen-bond acceptors (Lipinski definition) is 4. The first-order valence-corrected chi connectivity index (χ1v) is 8.25. The van der Waals surface area contributed by atoms with Gasteiger partial charge in [-0.3, -0.25) is 0 Å². The lowest BCUT2D eigenvalue weighted by molar-refractivity contribution is -0.137. The van der Waals surface area contributed by atoms with Gasteiger partial charge in [-0.25, -0.2) is 9.37 Å². The van der Waals surface area contributed by atoms with Gasteiger partial charge < -0.3 is 9.42 Å². The second kappa shape index (κ2) is 6.26. The molecule has 1 aliphatic heterocycles. The van der Waals surface area contributed by atoms with E-state index in [9.17, 15) is 17.6 Å². The monoisotopic (exact) mass is 365 g/mol. The summed E-state index contributed by atoms with van der Waals surface area (Å²) in [4.78, 5) is 5.90. The van der Waals surface area contributed by atoms with Crippen LogP contribution in [0, 0.1) is 5.82 Å². The van der Waals surface area contributed by atoms with Gasteiger partial charge in [0.15, 0.2) is 5.58 Å². The summed E-state index contributed by atoms with van der Waals surface area (Å²) in [6.45, 7) is 1.30. The van der Waals surface area contributed by atoms with Gasteiger partial charge in [-0.1, -0.05) is 5.16 Å². The van der Waals surface area contributed by atoms with Gasteiger partial charge >= 0.3 is 6.18 Å². The zero-order valence-corrected chi connectivity index (χ0v) is 13.6. The Morgan fingerprint density at radius 1 is 1.08 bits per heavy atom. The zero-order chi connectivity index (χ0) is 18.3. The molecule has 136 valence electrons. The quantitative estimate of drug-likeness (QED) is 0.614. The van der Waals surface area contributed by atoms with Gasteiger partial charge in [0.05, 0.1) is 11.3 Å². The second-order valence-corrected chi connectivity index (χ2v) is 6.37. The smallest absolute Gasteiger partial charge is 0.357 e. The molecule has 26 heavy (non-hydrogen) atoms. The minimum atomic E-state index is -4.38. The molecule has 1 fully saturated rings. The molecule has 3 heterocycles. The van der Waals surface area contributed by atoms with Gasteiger partial charge in [-0.2, -0.15) is 13.2 Å². The normalized spacial score (nSPS) is 16.4. The van der Waals surface area contributed by atoms with Gasteiger partial charge in [-0.15, -0.1) is 0 Å². The maximum atomic E-state index is 13.3. The third-order valence-corrected chi connectivity index (χ3v) is 4.74. The lowest BCUT2D eigenvalue weighted by Crippen LogP contribution is -2.33. The number of alkyl halides is 3. The Hall–Kier alpha value is -2.64. The molecule has 0 amide bonds. The maximum Gasteiger partial charge on any atom is 0.417 e. The van der Waals surface area contributed by atoms with Crippen LogP contribution in [0.4, 0.5) is 23.4 Å². The zero-order valence-electron chi connectivity index (χ0n) is 13.6. The Kier molecular flexibility index (Phi) is 4.05. The molecule has 0 bridgehead atoms. The third-order valence-electron chi connectivity index (χ3n) is 4.74. The van der Waals surface area contributed by atoms with Gasteiger partial charge in [0.1, 0.15) is 11.6 Å². The summed E-state index contributed by atoms with van der Waals surface area (Å²) in [6, 6.07) is 6.81. The summed E-state index contributed by atoms with van der Waals surface area (Å²) in [6.07, 6.45) is -1.99. The van der Waals surface area contributed by atoms with E-state index in [0.29, 0.717) is 24.5 Å². The van der Waals surface area contributed by atoms with Crippen LogP contribution in [-0.4, -0.2) is 23.2 Å². The van der Waals surface area contributed by atoms with Crippen molar-refractivity contribution in [2.75, 3.05) is 18.0 Å². The summed E-state index contributed by atoms with van der Waals surface area (Å²) in [5.41, 5.74) is 0.476. The van der Waals surface area contributed by atoms with Gasteiger partial charge in [0.25, 0.3) is 0 Å². The standard InChI is InChI=1S/C18H15F4N3O/c19-13-2-3-14-15(9-13)26-24-17(14)11-5-7-25(8-6-11)16-4-1-12(10-23-16)18(20,21)22/h1-4,9-11H,5-8H2. The molecule has 2 aromatic heterocycles. The van der Waals surface area contributed by atoms with Crippen molar-refractivity contribution in [3.05, 3.63) is 53.6 Å². The molecule has 3 aromatic rings. The molecule has 0 aliphatic carbocycles. The Balaban J connectivity index is 1.47. The van der Waals surface area contributed by atoms with Crippen LogP contribution < -0.4 is 4.90 Å². The van der Waals surface area contributed by atoms with E-state index in [1.807, 2.05) is 4.90 Å². The SMILES string of the molecule is Fc1ccc2c(C3CCN(c4ccc(C(F)(F)F)cn4)CC3)noc2c1. The molecular formula is C18H15F4N3O. The minimum absolute atomic E-state index is 0.160. The largest absolute Gasteiger partial charge is 0.417 e. The molecular weight excluding hydrogens is 350 g/mol. The van der Waals surface area contributed by atoms with Gasteiger partial charge in [0.2, 0.25) is 0 Å². The number of aromatic nitrogens is 2. The Labute approximate surface area is 146 Å². The maximum absolute atomic E-state index is 13.3. The van der Waals surface area contributed by atoms with Crippen molar-refractivity contribution < 1.29 is 22.1 Å². The molecule has 8 heteroatoms. The van der Waals surface area contributed by atoms with E-state index in [1.54, 1.807) is 6.07 Å². The highest BCUT2D eigenvalue weighted by atomic mass is 19.4. The van der Waals surface area contributed by atoms with Crippen LogP contribution in [0.1, 0.15) is 30.0 Å². The number of benzene rings is 1. The van der Waals surface area contributed by atoms with Crippen LogP contribution in [0.25, 0.3) is 11.0 Å². The van der Waals surface area contributed by atoms with E-state index in [-0.39, 0.29) is 11.7 Å². The van der Waals surface area contributed by atoms with Gasteiger partial charge in [0, 0.05) is 36.7 Å². The van der Waals surface area contributed by atoms with Crippen molar-refractivity contribution in [3.63, 3.8) is 0 Å². The summed E-state index contributed by atoms with van der Waals surface area (Å²) in [5, 5.41) is 4.90. The number of piperidine rings is 1. The third kappa shape index (κ3) is 3.11. The molecule has 1 aromatic carbocycles. The van der Waals surface area contributed by atoms with Crippen LogP contribution in [-0.2, 0) is 6.18 Å². The summed E-state index contributed by atoms with van der Waals surface area (Å²) >= 11 is 0. The molecule has 0 radical (unpaired) electrons. The van der Waals surface area contributed by atoms with E-state index in [2.05, 4.69) is 10.1 Å². The first kappa shape index (κ1) is 16.8. The van der Waals surface area contributed by atoms with Crippen LogP contribution >= 0.6 is 0 Å². The molecule has 4 rings (SSSR count). The number of halogens is 4. The fraction of sp³-hybridized carbons (Fsp3) is 0.333. The Bertz CT molecular complexity index is 912. The van der Waals surface area contributed by atoms with Crippen molar-refractivity contribution in [1.82, 2.24) is 10.1 Å². The van der Waals surface area contributed by atoms with Crippen LogP contribution in [0.5, 0.6) is 0 Å². The number of nitrogens with zero attached hydrogens (tertiary/aromatic N) is 3. The van der Waals surface area contributed by atoms with Gasteiger partial charge in [-0.05, 0) is 37.1 Å². The average Bonchev–Trinajstić information content (AvgIpc) is 3.04. The molecule has 0 unspecified atom stereocenters. The van der Waals surface area contributed by atoms with Crippen molar-refractivity contribution in [2.24, 2.45) is 0 Å². The van der Waals surface area contributed by atoms with E-state index in [4.69, 9.17) is 4.52 Å². The molecule has 0 spiro atoms. The predicted molar refractivity (Wildman–Crippen MR) is 87.4 cm³/mol. The van der Waals surface area contributed by atoms with E-state index < -0.39 is 11.7 Å². The summed E-state index contributed by atoms with van der Waals surface area (Å²) in [5.74, 6) is 0.319.